The summed E-state index contributed by atoms with van der Waals surface area (Å²) in [5.74, 6) is -0.886. The molecular weight excluding hydrogens is 564 g/mol. The van der Waals surface area contributed by atoms with Gasteiger partial charge in [-0.2, -0.15) is 5.10 Å². The summed E-state index contributed by atoms with van der Waals surface area (Å²) in [6, 6.07) is 11.6. The monoisotopic (exact) mass is 584 g/mol. The van der Waals surface area contributed by atoms with Crippen LogP contribution in [0.5, 0.6) is 11.5 Å². The van der Waals surface area contributed by atoms with Crippen LogP contribution in [0, 0.1) is 0 Å². The molecule has 8 nitrogen and oxygen atoms in total. The zero-order valence-electron chi connectivity index (χ0n) is 18.9. The lowest BCUT2D eigenvalue weighted by Crippen LogP contribution is -2.24. The average molecular weight is 586 g/mol. The molecule has 0 bridgehead atoms. The van der Waals surface area contributed by atoms with Crippen LogP contribution in [0.4, 0.5) is 0 Å². The van der Waals surface area contributed by atoms with E-state index in [2.05, 4.69) is 26.5 Å². The number of hydrazone groups is 1. The molecule has 1 aliphatic rings. The molecule has 4 aromatic rings. The Morgan fingerprint density at radius 2 is 1.94 bits per heavy atom. The molecule has 2 aromatic heterocycles. The normalized spacial score (nSPS) is 13.2. The van der Waals surface area contributed by atoms with E-state index in [0.29, 0.717) is 26.6 Å². The van der Waals surface area contributed by atoms with Gasteiger partial charge in [0.15, 0.2) is 16.7 Å². The van der Waals surface area contributed by atoms with Gasteiger partial charge in [0.2, 0.25) is 0 Å². The van der Waals surface area contributed by atoms with Crippen LogP contribution in [0.15, 0.2) is 62.0 Å². The van der Waals surface area contributed by atoms with E-state index in [1.54, 1.807) is 22.0 Å². The molecule has 1 aliphatic carbocycles. The highest BCUT2D eigenvalue weighted by molar-refractivity contribution is 9.10. The van der Waals surface area contributed by atoms with Crippen LogP contribution in [-0.4, -0.2) is 37.6 Å². The van der Waals surface area contributed by atoms with Crippen LogP contribution in [-0.2, 0) is 17.6 Å². The highest BCUT2D eigenvalue weighted by Crippen LogP contribution is 2.35. The van der Waals surface area contributed by atoms with Crippen molar-refractivity contribution in [2.75, 3.05) is 5.75 Å². The van der Waals surface area contributed by atoms with E-state index in [1.807, 2.05) is 24.3 Å². The molecule has 5 rings (SSSR count). The summed E-state index contributed by atoms with van der Waals surface area (Å²) < 4.78 is 2.48. The number of thiophene rings is 1. The predicted molar refractivity (Wildman–Crippen MR) is 146 cm³/mol. The van der Waals surface area contributed by atoms with E-state index in [1.165, 1.54) is 35.0 Å². The number of thioether (sulfide) groups is 1. The van der Waals surface area contributed by atoms with Crippen molar-refractivity contribution < 1.29 is 15.0 Å². The number of amides is 1. The number of hydrogen-bond acceptors (Lipinski definition) is 8. The van der Waals surface area contributed by atoms with Crippen LogP contribution in [0.2, 0.25) is 0 Å². The molecule has 0 aliphatic heterocycles. The fourth-order valence-electron chi connectivity index (χ4n) is 4.06. The van der Waals surface area contributed by atoms with Crippen LogP contribution in [0.3, 0.4) is 0 Å². The van der Waals surface area contributed by atoms with Crippen molar-refractivity contribution >= 4 is 61.4 Å². The number of phenolic OH excluding ortho intramolecular Hbond substituents is 2. The minimum absolute atomic E-state index is 0.00225. The predicted octanol–water partition coefficient (Wildman–Crippen LogP) is 4.74. The molecule has 36 heavy (non-hydrogen) atoms. The number of aryl methyl sites for hydroxylation is 2. The first-order valence-corrected chi connectivity index (χ1v) is 13.8. The van der Waals surface area contributed by atoms with Gasteiger partial charge in [-0.25, -0.2) is 10.4 Å². The Morgan fingerprint density at radius 3 is 2.72 bits per heavy atom. The summed E-state index contributed by atoms with van der Waals surface area (Å²) in [6.07, 6.45) is 5.40. The second-order valence-electron chi connectivity index (χ2n) is 8.23. The standard InChI is InChI=1S/C25H21BrN4O4S2/c26-15-6-8-16(9-7-15)30-24(34)22-17-3-1-2-4-20(17)36-23(22)28-25(30)35-13-21(33)29-27-12-14-5-10-18(31)19(32)11-14/h5-12,31-32H,1-4,13H2,(H,29,33)/b27-12+. The Morgan fingerprint density at radius 1 is 1.17 bits per heavy atom. The fraction of sp³-hybridized carbons (Fsp3) is 0.200. The third kappa shape index (κ3) is 5.04. The third-order valence-corrected chi connectivity index (χ3v) is 8.43. The van der Waals surface area contributed by atoms with Crippen LogP contribution in [0.1, 0.15) is 28.8 Å². The molecule has 0 unspecified atom stereocenters. The highest BCUT2D eigenvalue weighted by Gasteiger charge is 2.23. The summed E-state index contributed by atoms with van der Waals surface area (Å²) >= 11 is 6.18. The number of phenols is 2. The van der Waals surface area contributed by atoms with Gasteiger partial charge in [0.05, 0.1) is 23.0 Å². The number of hydrogen-bond donors (Lipinski definition) is 3. The molecular formula is C25H21BrN4O4S2. The molecule has 3 N–H and O–H groups in total. The van der Waals surface area contributed by atoms with Crippen LogP contribution >= 0.6 is 39.0 Å². The first-order valence-electron chi connectivity index (χ1n) is 11.2. The van der Waals surface area contributed by atoms with Crippen LogP contribution < -0.4 is 11.0 Å². The lowest BCUT2D eigenvalue weighted by atomic mass is 9.97. The number of nitrogens with zero attached hydrogens (tertiary/aromatic N) is 3. The van der Waals surface area contributed by atoms with E-state index in [0.717, 1.165) is 35.7 Å². The summed E-state index contributed by atoms with van der Waals surface area (Å²) in [5.41, 5.74) is 4.64. The second-order valence-corrected chi connectivity index (χ2v) is 11.2. The summed E-state index contributed by atoms with van der Waals surface area (Å²) in [5, 5.41) is 24.0. The van der Waals surface area contributed by atoms with Gasteiger partial charge in [-0.05, 0) is 79.3 Å². The minimum atomic E-state index is -0.374. The molecule has 0 atom stereocenters. The largest absolute Gasteiger partial charge is 0.504 e. The quantitative estimate of drug-likeness (QED) is 0.0990. The fourth-order valence-corrected chi connectivity index (χ4v) is 6.43. The maximum atomic E-state index is 13.7. The Balaban J connectivity index is 1.41. The highest BCUT2D eigenvalue weighted by atomic mass is 79.9. The first-order chi connectivity index (χ1) is 17.4. The zero-order valence-corrected chi connectivity index (χ0v) is 22.1. The average Bonchev–Trinajstić information content (AvgIpc) is 3.24. The summed E-state index contributed by atoms with van der Waals surface area (Å²) in [6.45, 7) is 0. The molecule has 184 valence electrons. The minimum Gasteiger partial charge on any atom is -0.504 e. The molecule has 0 spiro atoms. The second kappa shape index (κ2) is 10.5. The topological polar surface area (TPSA) is 117 Å². The van der Waals surface area contributed by atoms with E-state index < -0.39 is 0 Å². The molecule has 0 saturated heterocycles. The van der Waals surface area contributed by atoms with Gasteiger partial charge in [-0.15, -0.1) is 11.3 Å². The van der Waals surface area contributed by atoms with Crippen molar-refractivity contribution in [2.45, 2.75) is 30.8 Å². The van der Waals surface area contributed by atoms with E-state index in [4.69, 9.17) is 4.98 Å². The lowest BCUT2D eigenvalue weighted by Gasteiger charge is -2.13. The van der Waals surface area contributed by atoms with Crippen LogP contribution in [0.25, 0.3) is 15.9 Å². The first kappa shape index (κ1) is 24.5. The molecule has 0 saturated carbocycles. The van der Waals surface area contributed by atoms with Crippen molar-refractivity contribution in [3.63, 3.8) is 0 Å². The number of halogens is 1. The number of carbonyl (C=O) groups is 1. The number of aromatic nitrogens is 2. The molecule has 2 aromatic carbocycles. The van der Waals surface area contributed by atoms with E-state index >= 15 is 0 Å². The molecule has 1 amide bonds. The van der Waals surface area contributed by atoms with Crippen molar-refractivity contribution in [3.8, 4) is 17.2 Å². The Labute approximate surface area is 222 Å². The van der Waals surface area contributed by atoms with E-state index in [9.17, 15) is 19.8 Å². The van der Waals surface area contributed by atoms with E-state index in [-0.39, 0.29) is 28.7 Å². The van der Waals surface area contributed by atoms with Gasteiger partial charge in [0.25, 0.3) is 11.5 Å². The molecule has 0 radical (unpaired) electrons. The lowest BCUT2D eigenvalue weighted by molar-refractivity contribution is -0.118. The maximum absolute atomic E-state index is 13.7. The van der Waals surface area contributed by atoms with Crippen molar-refractivity contribution in [2.24, 2.45) is 5.10 Å². The third-order valence-electron chi connectivity index (χ3n) is 5.78. The van der Waals surface area contributed by atoms with Crippen molar-refractivity contribution in [3.05, 3.63) is 73.3 Å². The SMILES string of the molecule is O=C(CSc1nc2sc3c(c2c(=O)n1-c1ccc(Br)cc1)CCCC3)N/N=C/c1ccc(O)c(O)c1. The van der Waals surface area contributed by atoms with Gasteiger partial charge in [0, 0.05) is 9.35 Å². The van der Waals surface area contributed by atoms with Crippen molar-refractivity contribution in [1.82, 2.24) is 15.0 Å². The Kier molecular flexibility index (Phi) is 7.13. The van der Waals surface area contributed by atoms with Gasteiger partial charge in [-0.3, -0.25) is 14.2 Å². The van der Waals surface area contributed by atoms with Gasteiger partial charge in [0.1, 0.15) is 4.83 Å². The molecule has 2 heterocycles. The number of rotatable bonds is 6. The van der Waals surface area contributed by atoms with Gasteiger partial charge < -0.3 is 10.2 Å². The smallest absolute Gasteiger partial charge is 0.267 e. The van der Waals surface area contributed by atoms with Gasteiger partial charge >= 0.3 is 0 Å². The summed E-state index contributed by atoms with van der Waals surface area (Å²) in [7, 11) is 0. The Bertz CT molecular complexity index is 1550. The maximum Gasteiger partial charge on any atom is 0.267 e. The number of carbonyl (C=O) groups excluding carboxylic acids is 1. The number of nitrogens with one attached hydrogen (secondary N) is 1. The molecule has 11 heteroatoms. The number of fused-ring (bicyclic) bond motifs is 3. The molecule has 0 fully saturated rings. The number of aromatic hydroxyl groups is 2. The summed E-state index contributed by atoms with van der Waals surface area (Å²) in [4.78, 5) is 33.0. The van der Waals surface area contributed by atoms with Gasteiger partial charge in [-0.1, -0.05) is 27.7 Å². The zero-order chi connectivity index (χ0) is 25.2. The van der Waals surface area contributed by atoms with Crippen molar-refractivity contribution in [1.29, 1.82) is 0 Å². The number of benzene rings is 2. The Hall–Kier alpha value is -3.15.